The van der Waals surface area contributed by atoms with Gasteiger partial charge in [0.15, 0.2) is 0 Å². The van der Waals surface area contributed by atoms with Gasteiger partial charge in [-0.05, 0) is 18.6 Å². The van der Waals surface area contributed by atoms with Crippen LogP contribution in [0.1, 0.15) is 12.8 Å². The zero-order valence-corrected chi connectivity index (χ0v) is 11.0. The third-order valence-electron chi connectivity index (χ3n) is 2.61. The van der Waals surface area contributed by atoms with Crippen LogP contribution < -0.4 is 10.0 Å². The number of carbonyl (C=O) groups excluding carboxylic acids is 1. The Bertz CT molecular complexity index is 561. The highest BCUT2D eigenvalue weighted by Crippen LogP contribution is 2.13. The molecule has 1 amide bonds. The normalized spacial score (nSPS) is 19.8. The first kappa shape index (κ1) is 13.3. The summed E-state index contributed by atoms with van der Waals surface area (Å²) in [7, 11) is -3.61. The van der Waals surface area contributed by atoms with E-state index in [2.05, 4.69) is 15.0 Å². The molecule has 18 heavy (non-hydrogen) atoms. The summed E-state index contributed by atoms with van der Waals surface area (Å²) < 4.78 is 26.3. The van der Waals surface area contributed by atoms with Crippen LogP contribution in [0.4, 0.5) is 0 Å². The average molecular weight is 290 g/mol. The quantitative estimate of drug-likeness (QED) is 0.780. The monoisotopic (exact) mass is 289 g/mol. The first-order chi connectivity index (χ1) is 8.47. The maximum absolute atomic E-state index is 11.9. The highest BCUT2D eigenvalue weighted by Gasteiger charge is 2.23. The lowest BCUT2D eigenvalue weighted by Crippen LogP contribution is -2.38. The largest absolute Gasteiger partial charge is 0.352 e. The molecule has 6 nitrogen and oxygen atoms in total. The van der Waals surface area contributed by atoms with E-state index in [1.165, 1.54) is 18.3 Å². The number of pyridine rings is 1. The first-order valence-electron chi connectivity index (χ1n) is 5.38. The third kappa shape index (κ3) is 3.18. The van der Waals surface area contributed by atoms with Gasteiger partial charge in [-0.25, -0.2) is 18.1 Å². The lowest BCUT2D eigenvalue weighted by atomic mass is 10.2. The minimum Gasteiger partial charge on any atom is -0.352 e. The Morgan fingerprint density at radius 1 is 1.56 bits per heavy atom. The highest BCUT2D eigenvalue weighted by molar-refractivity contribution is 7.89. The fraction of sp³-hybridized carbons (Fsp3) is 0.400. The summed E-state index contributed by atoms with van der Waals surface area (Å²) in [4.78, 5) is 14.8. The van der Waals surface area contributed by atoms with Crippen LogP contribution in [0.5, 0.6) is 0 Å². The molecular weight excluding hydrogens is 278 g/mol. The molecule has 0 radical (unpaired) electrons. The van der Waals surface area contributed by atoms with Gasteiger partial charge in [0.05, 0.1) is 4.90 Å². The molecule has 1 aliphatic heterocycles. The summed E-state index contributed by atoms with van der Waals surface area (Å²) in [5.41, 5.74) is 0. The van der Waals surface area contributed by atoms with Crippen molar-refractivity contribution in [3.8, 4) is 0 Å². The highest BCUT2D eigenvalue weighted by atomic mass is 35.5. The lowest BCUT2D eigenvalue weighted by Gasteiger charge is -2.11. The van der Waals surface area contributed by atoms with E-state index in [0.29, 0.717) is 12.8 Å². The maximum Gasteiger partial charge on any atom is 0.240 e. The second-order valence-electron chi connectivity index (χ2n) is 3.97. The van der Waals surface area contributed by atoms with Gasteiger partial charge in [-0.1, -0.05) is 11.6 Å². The summed E-state index contributed by atoms with van der Waals surface area (Å²) >= 11 is 5.64. The van der Waals surface area contributed by atoms with E-state index in [1.807, 2.05) is 0 Å². The van der Waals surface area contributed by atoms with E-state index in [0.717, 1.165) is 0 Å². The van der Waals surface area contributed by atoms with Gasteiger partial charge in [-0.3, -0.25) is 4.79 Å². The number of aromatic nitrogens is 1. The van der Waals surface area contributed by atoms with Crippen LogP contribution in [0.2, 0.25) is 5.15 Å². The molecule has 1 saturated heterocycles. The molecule has 0 spiro atoms. The summed E-state index contributed by atoms with van der Waals surface area (Å²) in [6.07, 6.45) is 2.40. The zero-order chi connectivity index (χ0) is 13.2. The van der Waals surface area contributed by atoms with Crippen molar-refractivity contribution in [1.82, 2.24) is 15.0 Å². The van der Waals surface area contributed by atoms with Crippen molar-refractivity contribution in [3.05, 3.63) is 23.5 Å². The topological polar surface area (TPSA) is 88.2 Å². The van der Waals surface area contributed by atoms with Crippen molar-refractivity contribution < 1.29 is 13.2 Å². The number of nitrogens with one attached hydrogen (secondary N) is 2. The van der Waals surface area contributed by atoms with Crippen LogP contribution in [-0.2, 0) is 14.8 Å². The second kappa shape index (κ2) is 5.21. The number of halogens is 1. The molecule has 2 rings (SSSR count). The minimum atomic E-state index is -3.61. The summed E-state index contributed by atoms with van der Waals surface area (Å²) in [5.74, 6) is -0.0499. The molecule has 2 heterocycles. The third-order valence-corrected chi connectivity index (χ3v) is 4.24. The van der Waals surface area contributed by atoms with Gasteiger partial charge in [0.1, 0.15) is 5.15 Å². The Morgan fingerprint density at radius 3 is 2.94 bits per heavy atom. The predicted octanol–water partition coefficient (Wildman–Crippen LogP) is 0.292. The van der Waals surface area contributed by atoms with Crippen LogP contribution in [-0.4, -0.2) is 31.9 Å². The van der Waals surface area contributed by atoms with E-state index in [4.69, 9.17) is 11.6 Å². The lowest BCUT2D eigenvalue weighted by molar-refractivity contribution is -0.119. The Kier molecular flexibility index (Phi) is 3.84. The van der Waals surface area contributed by atoms with Crippen LogP contribution in [0, 0.1) is 0 Å². The van der Waals surface area contributed by atoms with Crippen molar-refractivity contribution in [2.45, 2.75) is 23.8 Å². The number of rotatable bonds is 4. The molecule has 1 aromatic heterocycles. The van der Waals surface area contributed by atoms with E-state index in [-0.39, 0.29) is 28.5 Å². The molecule has 1 aliphatic rings. The number of sulfonamides is 1. The van der Waals surface area contributed by atoms with Crippen LogP contribution in [0.15, 0.2) is 23.2 Å². The fourth-order valence-corrected chi connectivity index (χ4v) is 3.01. The molecular formula is C10H12ClN3O3S. The van der Waals surface area contributed by atoms with E-state index in [9.17, 15) is 13.2 Å². The smallest absolute Gasteiger partial charge is 0.240 e. The molecule has 0 bridgehead atoms. The summed E-state index contributed by atoms with van der Waals surface area (Å²) in [6.45, 7) is 0.175. The van der Waals surface area contributed by atoms with Crippen molar-refractivity contribution in [2.75, 3.05) is 6.54 Å². The van der Waals surface area contributed by atoms with Gasteiger partial charge in [0, 0.05) is 25.2 Å². The van der Waals surface area contributed by atoms with Crippen LogP contribution in [0.3, 0.4) is 0 Å². The molecule has 1 unspecified atom stereocenters. The molecule has 2 N–H and O–H groups in total. The standard InChI is InChI=1S/C10H12ClN3O3S/c11-9-5-8(3-4-12-9)18(16,17)13-6-7-1-2-10(15)14-7/h3-5,7,13H,1-2,6H2,(H,14,15). The van der Waals surface area contributed by atoms with Crippen molar-refractivity contribution in [1.29, 1.82) is 0 Å². The molecule has 8 heteroatoms. The van der Waals surface area contributed by atoms with Gasteiger partial charge in [0.2, 0.25) is 15.9 Å². The minimum absolute atomic E-state index is 0.0499. The molecule has 98 valence electrons. The van der Waals surface area contributed by atoms with E-state index >= 15 is 0 Å². The summed E-state index contributed by atoms with van der Waals surface area (Å²) in [5, 5.41) is 2.80. The Morgan fingerprint density at radius 2 is 2.33 bits per heavy atom. The SMILES string of the molecule is O=C1CCC(CNS(=O)(=O)c2ccnc(Cl)c2)N1. The Hall–Kier alpha value is -1.18. The number of hydrogen-bond acceptors (Lipinski definition) is 4. The van der Waals surface area contributed by atoms with Crippen molar-refractivity contribution in [3.63, 3.8) is 0 Å². The van der Waals surface area contributed by atoms with Crippen LogP contribution in [0.25, 0.3) is 0 Å². The Balaban J connectivity index is 2.01. The van der Waals surface area contributed by atoms with Gasteiger partial charge < -0.3 is 5.32 Å². The average Bonchev–Trinajstić information content (AvgIpc) is 2.73. The van der Waals surface area contributed by atoms with Gasteiger partial charge in [0.25, 0.3) is 0 Å². The summed E-state index contributed by atoms with van der Waals surface area (Å²) in [6, 6.07) is 2.49. The number of hydrogen-bond donors (Lipinski definition) is 2. The number of carbonyl (C=O) groups is 1. The first-order valence-corrected chi connectivity index (χ1v) is 7.24. The predicted molar refractivity (Wildman–Crippen MR) is 65.6 cm³/mol. The maximum atomic E-state index is 11.9. The molecule has 1 atom stereocenters. The number of amides is 1. The van der Waals surface area contributed by atoms with E-state index in [1.54, 1.807) is 0 Å². The molecule has 0 aliphatic carbocycles. The Labute approximate surface area is 110 Å². The van der Waals surface area contributed by atoms with Gasteiger partial charge >= 0.3 is 0 Å². The van der Waals surface area contributed by atoms with Gasteiger partial charge in [-0.15, -0.1) is 0 Å². The molecule has 0 aromatic carbocycles. The van der Waals surface area contributed by atoms with Gasteiger partial charge in [-0.2, -0.15) is 0 Å². The zero-order valence-electron chi connectivity index (χ0n) is 9.39. The molecule has 1 fully saturated rings. The fourth-order valence-electron chi connectivity index (χ4n) is 1.68. The van der Waals surface area contributed by atoms with Crippen LogP contribution >= 0.6 is 11.6 Å². The molecule has 1 aromatic rings. The number of nitrogens with zero attached hydrogens (tertiary/aromatic N) is 1. The second-order valence-corrected chi connectivity index (χ2v) is 6.12. The van der Waals surface area contributed by atoms with E-state index < -0.39 is 10.0 Å². The molecule has 0 saturated carbocycles. The van der Waals surface area contributed by atoms with Crippen molar-refractivity contribution >= 4 is 27.5 Å². The van der Waals surface area contributed by atoms with Crippen molar-refractivity contribution in [2.24, 2.45) is 0 Å².